The molecule has 0 aromatic carbocycles. The van der Waals surface area contributed by atoms with Gasteiger partial charge in [0.05, 0.1) is 5.75 Å². The number of halogens is 1. The van der Waals surface area contributed by atoms with Gasteiger partial charge in [-0.3, -0.25) is 0 Å². The van der Waals surface area contributed by atoms with Crippen LogP contribution in [-0.2, 0) is 10.0 Å². The summed E-state index contributed by atoms with van der Waals surface area (Å²) in [5, 5.41) is 3.29. The lowest BCUT2D eigenvalue weighted by Crippen LogP contribution is -2.57. The third-order valence-corrected chi connectivity index (χ3v) is 5.27. The molecule has 1 aliphatic heterocycles. The Morgan fingerprint density at radius 2 is 1.94 bits per heavy atom. The monoisotopic (exact) mass is 284 g/mol. The van der Waals surface area contributed by atoms with Crippen molar-refractivity contribution >= 4 is 22.4 Å². The van der Waals surface area contributed by atoms with Gasteiger partial charge in [-0.25, -0.2) is 8.42 Å². The van der Waals surface area contributed by atoms with Crippen LogP contribution in [0.1, 0.15) is 34.1 Å². The van der Waals surface area contributed by atoms with E-state index < -0.39 is 10.0 Å². The molecule has 0 radical (unpaired) electrons. The highest BCUT2D eigenvalue weighted by Gasteiger charge is 2.32. The summed E-state index contributed by atoms with van der Waals surface area (Å²) in [7, 11) is -3.07. The van der Waals surface area contributed by atoms with Crippen molar-refractivity contribution in [2.24, 2.45) is 5.92 Å². The SMILES string of the molecule is CC(C)CCS(=O)(=O)N1CCNC(C)C1C.Cl. The van der Waals surface area contributed by atoms with Crippen LogP contribution < -0.4 is 5.32 Å². The highest BCUT2D eigenvalue weighted by Crippen LogP contribution is 2.16. The molecule has 104 valence electrons. The Balaban J connectivity index is 0.00000256. The van der Waals surface area contributed by atoms with Crippen LogP contribution in [0.3, 0.4) is 0 Å². The molecule has 1 saturated heterocycles. The Labute approximate surface area is 112 Å². The topological polar surface area (TPSA) is 49.4 Å². The first-order valence-corrected chi connectivity index (χ1v) is 7.68. The molecule has 0 amide bonds. The van der Waals surface area contributed by atoms with E-state index in [0.717, 1.165) is 13.0 Å². The van der Waals surface area contributed by atoms with E-state index in [9.17, 15) is 8.42 Å². The summed E-state index contributed by atoms with van der Waals surface area (Å²) >= 11 is 0. The zero-order chi connectivity index (χ0) is 12.3. The highest BCUT2D eigenvalue weighted by molar-refractivity contribution is 7.89. The summed E-state index contributed by atoms with van der Waals surface area (Å²) in [5.41, 5.74) is 0. The zero-order valence-electron chi connectivity index (χ0n) is 11.1. The molecule has 6 heteroatoms. The molecule has 1 aliphatic rings. The Morgan fingerprint density at radius 3 is 2.47 bits per heavy atom. The summed E-state index contributed by atoms with van der Waals surface area (Å²) in [6.07, 6.45) is 0.743. The second kappa shape index (κ2) is 6.92. The van der Waals surface area contributed by atoms with Crippen molar-refractivity contribution in [1.82, 2.24) is 9.62 Å². The van der Waals surface area contributed by atoms with E-state index in [4.69, 9.17) is 0 Å². The van der Waals surface area contributed by atoms with Crippen molar-refractivity contribution in [3.05, 3.63) is 0 Å². The molecule has 0 bridgehead atoms. The molecule has 0 saturated carbocycles. The summed E-state index contributed by atoms with van der Waals surface area (Å²) in [4.78, 5) is 0. The Morgan fingerprint density at radius 1 is 1.35 bits per heavy atom. The van der Waals surface area contributed by atoms with Crippen LogP contribution in [-0.4, -0.2) is 43.6 Å². The molecule has 1 rings (SSSR count). The second-order valence-electron chi connectivity index (χ2n) is 5.09. The van der Waals surface area contributed by atoms with Gasteiger partial charge in [-0.05, 0) is 26.2 Å². The normalized spacial score (nSPS) is 26.9. The largest absolute Gasteiger partial charge is 0.311 e. The summed E-state index contributed by atoms with van der Waals surface area (Å²) in [6.45, 7) is 9.48. The second-order valence-corrected chi connectivity index (χ2v) is 7.13. The number of rotatable bonds is 4. The van der Waals surface area contributed by atoms with E-state index in [1.54, 1.807) is 4.31 Å². The maximum Gasteiger partial charge on any atom is 0.214 e. The lowest BCUT2D eigenvalue weighted by atomic mass is 10.1. The number of sulfonamides is 1. The van der Waals surface area contributed by atoms with E-state index in [0.29, 0.717) is 12.5 Å². The van der Waals surface area contributed by atoms with Gasteiger partial charge in [0.1, 0.15) is 0 Å². The van der Waals surface area contributed by atoms with Crippen LogP contribution in [0.4, 0.5) is 0 Å². The first-order chi connectivity index (χ1) is 7.34. The van der Waals surface area contributed by atoms with E-state index in [-0.39, 0.29) is 30.2 Å². The van der Waals surface area contributed by atoms with E-state index in [1.165, 1.54) is 0 Å². The van der Waals surface area contributed by atoms with Gasteiger partial charge in [-0.15, -0.1) is 12.4 Å². The van der Waals surface area contributed by atoms with Crippen molar-refractivity contribution in [3.8, 4) is 0 Å². The fraction of sp³-hybridized carbons (Fsp3) is 1.00. The molecule has 1 fully saturated rings. The fourth-order valence-corrected chi connectivity index (χ4v) is 3.98. The van der Waals surface area contributed by atoms with Crippen LogP contribution in [0.2, 0.25) is 0 Å². The zero-order valence-corrected chi connectivity index (χ0v) is 12.8. The first-order valence-electron chi connectivity index (χ1n) is 6.07. The predicted molar refractivity (Wildman–Crippen MR) is 74.1 cm³/mol. The minimum atomic E-state index is -3.07. The van der Waals surface area contributed by atoms with Crippen molar-refractivity contribution in [2.75, 3.05) is 18.8 Å². The van der Waals surface area contributed by atoms with Gasteiger partial charge in [0.25, 0.3) is 0 Å². The molecular formula is C11H25ClN2O2S. The molecule has 1 heterocycles. The van der Waals surface area contributed by atoms with Crippen LogP contribution in [0.15, 0.2) is 0 Å². The van der Waals surface area contributed by atoms with Gasteiger partial charge in [0, 0.05) is 25.2 Å². The average Bonchev–Trinajstić information content (AvgIpc) is 2.19. The number of nitrogens with zero attached hydrogens (tertiary/aromatic N) is 1. The van der Waals surface area contributed by atoms with Gasteiger partial charge in [-0.2, -0.15) is 4.31 Å². The van der Waals surface area contributed by atoms with E-state index >= 15 is 0 Å². The van der Waals surface area contributed by atoms with Crippen LogP contribution in [0, 0.1) is 5.92 Å². The molecule has 0 aromatic rings. The number of piperazine rings is 1. The van der Waals surface area contributed by atoms with Crippen molar-refractivity contribution in [2.45, 2.75) is 46.2 Å². The van der Waals surface area contributed by atoms with Crippen molar-refractivity contribution in [1.29, 1.82) is 0 Å². The van der Waals surface area contributed by atoms with E-state index in [1.807, 2.05) is 13.8 Å². The standard InChI is InChI=1S/C11H24N2O2S.ClH/c1-9(2)5-8-16(14,15)13-7-6-12-10(3)11(13)4;/h9-12H,5-8H2,1-4H3;1H. The third kappa shape index (κ3) is 4.73. The molecule has 0 spiro atoms. The maximum absolute atomic E-state index is 12.1. The quantitative estimate of drug-likeness (QED) is 0.850. The highest BCUT2D eigenvalue weighted by atomic mass is 35.5. The Bertz CT molecular complexity index is 319. The number of hydrogen-bond acceptors (Lipinski definition) is 3. The molecule has 4 nitrogen and oxygen atoms in total. The molecule has 2 unspecified atom stereocenters. The smallest absolute Gasteiger partial charge is 0.214 e. The first kappa shape index (κ1) is 17.2. The summed E-state index contributed by atoms with van der Waals surface area (Å²) in [6, 6.07) is 0.300. The van der Waals surface area contributed by atoms with Gasteiger partial charge in [0.15, 0.2) is 0 Å². The van der Waals surface area contributed by atoms with Crippen LogP contribution in [0.5, 0.6) is 0 Å². The molecule has 2 atom stereocenters. The third-order valence-electron chi connectivity index (χ3n) is 3.29. The van der Waals surface area contributed by atoms with Crippen molar-refractivity contribution < 1.29 is 8.42 Å². The van der Waals surface area contributed by atoms with E-state index in [2.05, 4.69) is 19.2 Å². The average molecular weight is 285 g/mol. The number of hydrogen-bond donors (Lipinski definition) is 1. The predicted octanol–water partition coefficient (Wildman–Crippen LogP) is 1.47. The Hall–Kier alpha value is 0.160. The molecule has 0 aliphatic carbocycles. The van der Waals surface area contributed by atoms with Gasteiger partial charge >= 0.3 is 0 Å². The molecule has 0 aromatic heterocycles. The lowest BCUT2D eigenvalue weighted by molar-refractivity contribution is 0.232. The minimum absolute atomic E-state index is 0. The molecular weight excluding hydrogens is 260 g/mol. The van der Waals surface area contributed by atoms with Gasteiger partial charge in [-0.1, -0.05) is 13.8 Å². The summed E-state index contributed by atoms with van der Waals surface area (Å²) in [5.74, 6) is 0.715. The summed E-state index contributed by atoms with van der Waals surface area (Å²) < 4.78 is 26.0. The molecule has 1 N–H and O–H groups in total. The van der Waals surface area contributed by atoms with Crippen LogP contribution >= 0.6 is 12.4 Å². The minimum Gasteiger partial charge on any atom is -0.311 e. The fourth-order valence-electron chi connectivity index (χ4n) is 1.92. The Kier molecular flexibility index (Phi) is 6.99. The molecule has 17 heavy (non-hydrogen) atoms. The maximum atomic E-state index is 12.1. The van der Waals surface area contributed by atoms with Crippen molar-refractivity contribution in [3.63, 3.8) is 0 Å². The number of nitrogens with one attached hydrogen (secondary N) is 1. The van der Waals surface area contributed by atoms with Crippen LogP contribution in [0.25, 0.3) is 0 Å². The van der Waals surface area contributed by atoms with Gasteiger partial charge in [0.2, 0.25) is 10.0 Å². The van der Waals surface area contributed by atoms with Gasteiger partial charge < -0.3 is 5.32 Å². The lowest BCUT2D eigenvalue weighted by Gasteiger charge is -2.37.